The van der Waals surface area contributed by atoms with E-state index in [0.29, 0.717) is 6.54 Å². The lowest BCUT2D eigenvalue weighted by atomic mass is 10.00. The van der Waals surface area contributed by atoms with Crippen molar-refractivity contribution in [2.45, 2.75) is 19.8 Å². The highest BCUT2D eigenvalue weighted by molar-refractivity contribution is 5.95. The van der Waals surface area contributed by atoms with Crippen molar-refractivity contribution >= 4 is 23.0 Å². The number of benzene rings is 2. The number of fused-ring (bicyclic) bond motifs is 1. The molecule has 0 atom stereocenters. The Morgan fingerprint density at radius 2 is 2.05 bits per heavy atom. The van der Waals surface area contributed by atoms with E-state index in [1.54, 1.807) is 0 Å². The number of aryl methyl sites for hydroxylation is 1. The first-order valence-corrected chi connectivity index (χ1v) is 7.63. The lowest BCUT2D eigenvalue weighted by molar-refractivity contribution is -0.115. The van der Waals surface area contributed by atoms with Crippen LogP contribution in [0.15, 0.2) is 42.5 Å². The van der Waals surface area contributed by atoms with E-state index in [2.05, 4.69) is 10.2 Å². The van der Waals surface area contributed by atoms with Crippen molar-refractivity contribution in [1.82, 2.24) is 0 Å². The molecule has 0 unspecified atom stereocenters. The Kier molecular flexibility index (Phi) is 4.00. The number of nitrogen functional groups attached to an aromatic ring is 1. The third kappa shape index (κ3) is 2.91. The van der Waals surface area contributed by atoms with E-state index < -0.39 is 0 Å². The number of nitrogens with one attached hydrogen (secondary N) is 1. The van der Waals surface area contributed by atoms with Crippen LogP contribution in [0.2, 0.25) is 0 Å². The maximum atomic E-state index is 12.3. The average Bonchev–Trinajstić information content (AvgIpc) is 2.51. The summed E-state index contributed by atoms with van der Waals surface area (Å²) in [5.41, 5.74) is 11.1. The maximum Gasteiger partial charge on any atom is 0.243 e. The Hall–Kier alpha value is -2.49. The molecule has 2 aromatic rings. The number of rotatable bonds is 3. The molecule has 0 saturated carbocycles. The van der Waals surface area contributed by atoms with Crippen molar-refractivity contribution in [3.63, 3.8) is 0 Å². The predicted octanol–water partition coefficient (Wildman–Crippen LogP) is 2.97. The number of hydrogen-bond acceptors (Lipinski definition) is 3. The van der Waals surface area contributed by atoms with Gasteiger partial charge in [-0.05, 0) is 49.1 Å². The zero-order chi connectivity index (χ0) is 15.5. The fraction of sp³-hybridized carbons (Fsp3) is 0.278. The number of para-hydroxylation sites is 1. The van der Waals surface area contributed by atoms with Crippen LogP contribution in [0.25, 0.3) is 0 Å². The zero-order valence-electron chi connectivity index (χ0n) is 12.8. The van der Waals surface area contributed by atoms with Crippen molar-refractivity contribution in [2.75, 3.05) is 29.0 Å². The van der Waals surface area contributed by atoms with Gasteiger partial charge in [-0.15, -0.1) is 0 Å². The summed E-state index contributed by atoms with van der Waals surface area (Å²) < 4.78 is 0. The minimum absolute atomic E-state index is 0.00424. The predicted molar refractivity (Wildman–Crippen MR) is 91.2 cm³/mol. The normalized spacial score (nSPS) is 13.6. The molecule has 0 spiro atoms. The molecule has 0 saturated heterocycles. The van der Waals surface area contributed by atoms with Crippen molar-refractivity contribution in [3.05, 3.63) is 53.6 Å². The van der Waals surface area contributed by atoms with E-state index in [1.165, 1.54) is 0 Å². The number of amides is 1. The van der Waals surface area contributed by atoms with Gasteiger partial charge in [0.1, 0.15) is 0 Å². The van der Waals surface area contributed by atoms with Crippen molar-refractivity contribution in [2.24, 2.45) is 0 Å². The van der Waals surface area contributed by atoms with Crippen LogP contribution in [0.5, 0.6) is 0 Å². The van der Waals surface area contributed by atoms with Gasteiger partial charge in [0, 0.05) is 23.6 Å². The number of carbonyl (C=O) groups is 1. The quantitative estimate of drug-likeness (QED) is 0.856. The molecule has 0 aromatic heterocycles. The van der Waals surface area contributed by atoms with Crippen LogP contribution < -0.4 is 16.0 Å². The van der Waals surface area contributed by atoms with Gasteiger partial charge in [0.05, 0.1) is 6.54 Å². The van der Waals surface area contributed by atoms with Crippen LogP contribution in [-0.4, -0.2) is 19.0 Å². The zero-order valence-corrected chi connectivity index (χ0v) is 12.8. The maximum absolute atomic E-state index is 12.3. The molecule has 0 fully saturated rings. The molecule has 1 heterocycles. The first-order valence-electron chi connectivity index (χ1n) is 7.63. The molecule has 4 heteroatoms. The molecule has 1 aliphatic rings. The van der Waals surface area contributed by atoms with Gasteiger partial charge in [-0.25, -0.2) is 0 Å². The van der Waals surface area contributed by atoms with Crippen LogP contribution >= 0.6 is 0 Å². The highest BCUT2D eigenvalue weighted by atomic mass is 16.2. The molecule has 4 nitrogen and oxygen atoms in total. The largest absolute Gasteiger partial charge is 0.398 e. The number of hydrogen-bond donors (Lipinski definition) is 2. The van der Waals surface area contributed by atoms with Crippen molar-refractivity contribution in [1.29, 1.82) is 0 Å². The molecule has 3 N–H and O–H groups in total. The summed E-state index contributed by atoms with van der Waals surface area (Å²) in [5.74, 6) is 0.00424. The topological polar surface area (TPSA) is 58.4 Å². The first kappa shape index (κ1) is 14.4. The number of carbonyl (C=O) groups excluding carboxylic acids is 1. The van der Waals surface area contributed by atoms with Crippen molar-refractivity contribution < 1.29 is 4.79 Å². The number of nitrogens with two attached hydrogens (primary N) is 1. The lowest BCUT2D eigenvalue weighted by Crippen LogP contribution is -2.37. The molecule has 2 aromatic carbocycles. The Labute approximate surface area is 130 Å². The van der Waals surface area contributed by atoms with Crippen LogP contribution in [0, 0.1) is 6.92 Å². The third-order valence-corrected chi connectivity index (χ3v) is 4.14. The van der Waals surface area contributed by atoms with Gasteiger partial charge >= 0.3 is 0 Å². The molecule has 3 rings (SSSR count). The van der Waals surface area contributed by atoms with E-state index in [1.807, 2.05) is 49.4 Å². The fourth-order valence-electron chi connectivity index (χ4n) is 2.97. The highest BCUT2D eigenvalue weighted by Gasteiger charge is 2.20. The smallest absolute Gasteiger partial charge is 0.243 e. The standard InChI is InChI=1S/C18H21N3O/c1-13-6-2-3-9-16(13)20-18(22)12-21-11-5-7-14-15(19)8-4-10-17(14)21/h2-4,6,8-10H,5,7,11-12,19H2,1H3,(H,20,22). The van der Waals surface area contributed by atoms with Crippen molar-refractivity contribution in [3.8, 4) is 0 Å². The van der Waals surface area contributed by atoms with E-state index >= 15 is 0 Å². The Bertz CT molecular complexity index is 696. The SMILES string of the molecule is Cc1ccccc1NC(=O)CN1CCCc2c(N)cccc21. The minimum atomic E-state index is 0.00424. The Morgan fingerprint density at radius 3 is 2.86 bits per heavy atom. The second kappa shape index (κ2) is 6.10. The van der Waals surface area contributed by atoms with Crippen LogP contribution in [0.3, 0.4) is 0 Å². The average molecular weight is 295 g/mol. The van der Waals surface area contributed by atoms with Crippen LogP contribution in [-0.2, 0) is 11.2 Å². The molecule has 1 aliphatic heterocycles. The molecule has 114 valence electrons. The van der Waals surface area contributed by atoms with Gasteiger partial charge in [-0.3, -0.25) is 4.79 Å². The second-order valence-electron chi connectivity index (χ2n) is 5.73. The first-order chi connectivity index (χ1) is 10.6. The summed E-state index contributed by atoms with van der Waals surface area (Å²) in [7, 11) is 0. The van der Waals surface area contributed by atoms with Gasteiger partial charge in [0.2, 0.25) is 5.91 Å². The van der Waals surface area contributed by atoms with E-state index in [4.69, 9.17) is 5.73 Å². The molecule has 22 heavy (non-hydrogen) atoms. The monoisotopic (exact) mass is 295 g/mol. The molecule has 0 bridgehead atoms. The second-order valence-corrected chi connectivity index (χ2v) is 5.73. The lowest BCUT2D eigenvalue weighted by Gasteiger charge is -2.31. The molecular formula is C18H21N3O. The van der Waals surface area contributed by atoms with Crippen LogP contribution in [0.4, 0.5) is 17.1 Å². The summed E-state index contributed by atoms with van der Waals surface area (Å²) >= 11 is 0. The van der Waals surface area contributed by atoms with E-state index in [0.717, 1.165) is 47.6 Å². The van der Waals surface area contributed by atoms with Gasteiger partial charge in [0.25, 0.3) is 0 Å². The van der Waals surface area contributed by atoms with Crippen LogP contribution in [0.1, 0.15) is 17.5 Å². The molecule has 1 amide bonds. The van der Waals surface area contributed by atoms with Gasteiger partial charge in [-0.1, -0.05) is 24.3 Å². The summed E-state index contributed by atoms with van der Waals surface area (Å²) in [5, 5.41) is 2.99. The third-order valence-electron chi connectivity index (χ3n) is 4.14. The Balaban J connectivity index is 1.74. The van der Waals surface area contributed by atoms with Gasteiger partial charge in [0.15, 0.2) is 0 Å². The Morgan fingerprint density at radius 1 is 1.23 bits per heavy atom. The number of nitrogens with zero attached hydrogens (tertiary/aromatic N) is 1. The van der Waals surface area contributed by atoms with Gasteiger partial charge < -0.3 is 16.0 Å². The van der Waals surface area contributed by atoms with Gasteiger partial charge in [-0.2, -0.15) is 0 Å². The molecular weight excluding hydrogens is 274 g/mol. The summed E-state index contributed by atoms with van der Waals surface area (Å²) in [4.78, 5) is 14.5. The highest BCUT2D eigenvalue weighted by Crippen LogP contribution is 2.31. The number of anilines is 3. The van der Waals surface area contributed by atoms with E-state index in [9.17, 15) is 4.79 Å². The van der Waals surface area contributed by atoms with E-state index in [-0.39, 0.29) is 5.91 Å². The summed E-state index contributed by atoms with van der Waals surface area (Å²) in [6.45, 7) is 3.23. The minimum Gasteiger partial charge on any atom is -0.398 e. The molecule has 0 radical (unpaired) electrons. The summed E-state index contributed by atoms with van der Waals surface area (Å²) in [6, 6.07) is 13.7. The fourth-order valence-corrected chi connectivity index (χ4v) is 2.97. The molecule has 0 aliphatic carbocycles. The summed E-state index contributed by atoms with van der Waals surface area (Å²) in [6.07, 6.45) is 2.01.